The molecule has 0 saturated heterocycles. The minimum atomic E-state index is 0.634. The molecule has 1 heteroatoms. The molecule has 0 aliphatic heterocycles. The first-order valence-electron chi connectivity index (χ1n) is 7.16. The van der Waals surface area contributed by atoms with Gasteiger partial charge in [-0.25, -0.2) is 0 Å². The number of para-hydroxylation sites is 1. The highest BCUT2D eigenvalue weighted by atomic mass is 14.6. The van der Waals surface area contributed by atoms with Gasteiger partial charge in [0.1, 0.15) is 0 Å². The number of pyridine rings is 1. The number of rotatable bonds is 6. The van der Waals surface area contributed by atoms with Gasteiger partial charge in [-0.3, -0.25) is 4.98 Å². The second-order valence-corrected chi connectivity index (χ2v) is 5.17. The van der Waals surface area contributed by atoms with Gasteiger partial charge in [0.15, 0.2) is 0 Å². The topological polar surface area (TPSA) is 12.9 Å². The minimum Gasteiger partial charge on any atom is -0.256 e. The maximum absolute atomic E-state index is 4.43. The summed E-state index contributed by atoms with van der Waals surface area (Å²) < 4.78 is 0. The van der Waals surface area contributed by atoms with E-state index in [2.05, 4.69) is 49.2 Å². The third kappa shape index (κ3) is 3.10. The Balaban J connectivity index is 2.10. The third-order valence-corrected chi connectivity index (χ3v) is 3.70. The number of hydrogen-bond donors (Lipinski definition) is 0. The largest absolute Gasteiger partial charge is 0.256 e. The van der Waals surface area contributed by atoms with Gasteiger partial charge >= 0.3 is 0 Å². The highest BCUT2D eigenvalue weighted by molar-refractivity contribution is 5.82. The molecular weight excluding hydrogens is 218 g/mol. The molecule has 2 aromatic rings. The summed E-state index contributed by atoms with van der Waals surface area (Å²) in [5, 5.41) is 1.32. The maximum Gasteiger partial charge on any atom is 0.0704 e. The summed E-state index contributed by atoms with van der Waals surface area (Å²) >= 11 is 0. The maximum atomic E-state index is 4.43. The predicted molar refractivity (Wildman–Crippen MR) is 78.9 cm³/mol. The average Bonchev–Trinajstić information content (AvgIpc) is 2.43. The van der Waals surface area contributed by atoms with Crippen LogP contribution in [-0.4, -0.2) is 4.98 Å². The molecular formula is C17H23N. The number of unbranched alkanes of at least 4 members (excludes halogenated alkanes) is 3. The minimum absolute atomic E-state index is 0.634. The van der Waals surface area contributed by atoms with E-state index in [9.17, 15) is 0 Å². The molecule has 0 amide bonds. The Bertz CT molecular complexity index is 484. The Morgan fingerprint density at radius 2 is 1.89 bits per heavy atom. The quantitative estimate of drug-likeness (QED) is 0.625. The van der Waals surface area contributed by atoms with Gasteiger partial charge in [0.05, 0.1) is 5.52 Å². The standard InChI is InChI=1S/C17H23N/c1-3-4-5-6-9-14(2)15-12-13-18-17-11-8-7-10-16(15)17/h7-8,10-14H,3-6,9H2,1-2H3. The van der Waals surface area contributed by atoms with E-state index in [0.29, 0.717) is 5.92 Å². The fourth-order valence-corrected chi connectivity index (χ4v) is 2.58. The van der Waals surface area contributed by atoms with Crippen LogP contribution in [0.3, 0.4) is 0 Å². The predicted octanol–water partition coefficient (Wildman–Crippen LogP) is 5.31. The molecule has 1 aromatic carbocycles. The van der Waals surface area contributed by atoms with Crippen molar-refractivity contribution in [3.8, 4) is 0 Å². The second-order valence-electron chi connectivity index (χ2n) is 5.17. The van der Waals surface area contributed by atoms with Crippen molar-refractivity contribution < 1.29 is 0 Å². The average molecular weight is 241 g/mol. The molecule has 1 nitrogen and oxygen atoms in total. The van der Waals surface area contributed by atoms with Crippen LogP contribution in [0, 0.1) is 0 Å². The zero-order valence-electron chi connectivity index (χ0n) is 11.5. The van der Waals surface area contributed by atoms with Crippen molar-refractivity contribution in [3.05, 3.63) is 42.1 Å². The molecule has 18 heavy (non-hydrogen) atoms. The number of nitrogens with zero attached hydrogens (tertiary/aromatic N) is 1. The van der Waals surface area contributed by atoms with Gasteiger partial charge in [0.2, 0.25) is 0 Å². The molecule has 0 N–H and O–H groups in total. The van der Waals surface area contributed by atoms with E-state index < -0.39 is 0 Å². The molecule has 1 aromatic heterocycles. The zero-order chi connectivity index (χ0) is 12.8. The van der Waals surface area contributed by atoms with Gasteiger partial charge in [-0.2, -0.15) is 0 Å². The summed E-state index contributed by atoms with van der Waals surface area (Å²) in [4.78, 5) is 4.43. The fourth-order valence-electron chi connectivity index (χ4n) is 2.58. The van der Waals surface area contributed by atoms with Crippen molar-refractivity contribution in [2.24, 2.45) is 0 Å². The molecule has 0 fully saturated rings. The van der Waals surface area contributed by atoms with Gasteiger partial charge in [0, 0.05) is 11.6 Å². The lowest BCUT2D eigenvalue weighted by atomic mass is 9.92. The molecule has 0 aliphatic rings. The first kappa shape index (κ1) is 13.1. The van der Waals surface area contributed by atoms with Crippen molar-refractivity contribution in [2.75, 3.05) is 0 Å². The summed E-state index contributed by atoms with van der Waals surface area (Å²) in [7, 11) is 0. The molecule has 0 bridgehead atoms. The van der Waals surface area contributed by atoms with Crippen LogP contribution in [0.25, 0.3) is 10.9 Å². The van der Waals surface area contributed by atoms with Crippen LogP contribution in [-0.2, 0) is 0 Å². The van der Waals surface area contributed by atoms with E-state index in [1.165, 1.54) is 43.1 Å². The highest BCUT2D eigenvalue weighted by Crippen LogP contribution is 2.27. The van der Waals surface area contributed by atoms with Crippen molar-refractivity contribution in [2.45, 2.75) is 51.9 Å². The first-order chi connectivity index (χ1) is 8.83. The van der Waals surface area contributed by atoms with E-state index in [1.54, 1.807) is 0 Å². The van der Waals surface area contributed by atoms with Crippen LogP contribution < -0.4 is 0 Å². The lowest BCUT2D eigenvalue weighted by Gasteiger charge is -2.14. The van der Waals surface area contributed by atoms with Crippen LogP contribution in [0.15, 0.2) is 36.5 Å². The third-order valence-electron chi connectivity index (χ3n) is 3.70. The molecule has 2 rings (SSSR count). The molecule has 0 saturated carbocycles. The SMILES string of the molecule is CCCCCCC(C)c1ccnc2ccccc12. The van der Waals surface area contributed by atoms with E-state index in [-0.39, 0.29) is 0 Å². The summed E-state index contributed by atoms with van der Waals surface area (Å²) in [6.07, 6.45) is 8.61. The van der Waals surface area contributed by atoms with Crippen LogP contribution >= 0.6 is 0 Å². The summed E-state index contributed by atoms with van der Waals surface area (Å²) in [6.45, 7) is 4.60. The Hall–Kier alpha value is -1.37. The van der Waals surface area contributed by atoms with Crippen molar-refractivity contribution in [3.63, 3.8) is 0 Å². The Kier molecular flexibility index (Phi) is 4.74. The monoisotopic (exact) mass is 241 g/mol. The zero-order valence-corrected chi connectivity index (χ0v) is 11.5. The number of hydrogen-bond acceptors (Lipinski definition) is 1. The molecule has 0 radical (unpaired) electrons. The van der Waals surface area contributed by atoms with E-state index >= 15 is 0 Å². The van der Waals surface area contributed by atoms with Gasteiger partial charge in [0.25, 0.3) is 0 Å². The molecule has 1 heterocycles. The smallest absolute Gasteiger partial charge is 0.0704 e. The molecule has 1 atom stereocenters. The lowest BCUT2D eigenvalue weighted by Crippen LogP contribution is -1.96. The van der Waals surface area contributed by atoms with Gasteiger partial charge < -0.3 is 0 Å². The second kappa shape index (κ2) is 6.53. The van der Waals surface area contributed by atoms with E-state index in [1.807, 2.05) is 6.20 Å². The Morgan fingerprint density at radius 1 is 1.06 bits per heavy atom. The molecule has 0 spiro atoms. The first-order valence-corrected chi connectivity index (χ1v) is 7.16. The lowest BCUT2D eigenvalue weighted by molar-refractivity contribution is 0.582. The van der Waals surface area contributed by atoms with Gasteiger partial charge in [-0.1, -0.05) is 57.7 Å². The van der Waals surface area contributed by atoms with Crippen LogP contribution in [0.2, 0.25) is 0 Å². The van der Waals surface area contributed by atoms with Gasteiger partial charge in [-0.15, -0.1) is 0 Å². The van der Waals surface area contributed by atoms with Crippen LogP contribution in [0.4, 0.5) is 0 Å². The van der Waals surface area contributed by atoms with Crippen molar-refractivity contribution in [1.82, 2.24) is 4.98 Å². The number of benzene rings is 1. The summed E-state index contributed by atoms with van der Waals surface area (Å²) in [6, 6.07) is 10.7. The number of aromatic nitrogens is 1. The molecule has 1 unspecified atom stereocenters. The van der Waals surface area contributed by atoms with Crippen molar-refractivity contribution in [1.29, 1.82) is 0 Å². The van der Waals surface area contributed by atoms with Crippen LogP contribution in [0.1, 0.15) is 57.4 Å². The number of fused-ring (bicyclic) bond motifs is 1. The summed E-state index contributed by atoms with van der Waals surface area (Å²) in [5.74, 6) is 0.634. The Labute approximate surface area is 110 Å². The Morgan fingerprint density at radius 3 is 2.72 bits per heavy atom. The van der Waals surface area contributed by atoms with E-state index in [0.717, 1.165) is 5.52 Å². The van der Waals surface area contributed by atoms with Crippen molar-refractivity contribution >= 4 is 10.9 Å². The summed E-state index contributed by atoms with van der Waals surface area (Å²) in [5.41, 5.74) is 2.58. The fraction of sp³-hybridized carbons (Fsp3) is 0.471. The highest BCUT2D eigenvalue weighted by Gasteiger charge is 2.09. The van der Waals surface area contributed by atoms with Gasteiger partial charge in [-0.05, 0) is 30.0 Å². The molecule has 96 valence electrons. The normalized spacial score (nSPS) is 12.8. The van der Waals surface area contributed by atoms with E-state index in [4.69, 9.17) is 0 Å². The molecule has 0 aliphatic carbocycles. The van der Waals surface area contributed by atoms with Crippen LogP contribution in [0.5, 0.6) is 0 Å².